The van der Waals surface area contributed by atoms with Crippen molar-refractivity contribution in [2.45, 2.75) is 78.1 Å². The summed E-state index contributed by atoms with van der Waals surface area (Å²) in [6.07, 6.45) is 6.15. The molecular formula is C26H36N6O2. The van der Waals surface area contributed by atoms with Gasteiger partial charge in [0.1, 0.15) is 11.9 Å². The van der Waals surface area contributed by atoms with E-state index in [9.17, 15) is 9.90 Å². The fourth-order valence-electron chi connectivity index (χ4n) is 5.05. The Morgan fingerprint density at radius 1 is 1.12 bits per heavy atom. The largest absolute Gasteiger partial charge is 0.372 e. The first kappa shape index (κ1) is 24.0. The number of anilines is 1. The summed E-state index contributed by atoms with van der Waals surface area (Å²) in [4.78, 5) is 13.2. The first-order valence-corrected chi connectivity index (χ1v) is 12.3. The number of carbonyl (C=O) groups excluding carboxylic acids is 1. The molecule has 1 aliphatic carbocycles. The molecular weight excluding hydrogens is 428 g/mol. The lowest BCUT2D eigenvalue weighted by molar-refractivity contribution is 0.0741. The number of aryl methyl sites for hydroxylation is 2. The minimum Gasteiger partial charge on any atom is -0.372 e. The maximum atomic E-state index is 13.2. The fraction of sp³-hybridized carbons (Fsp3) is 0.500. The number of rotatable bonds is 8. The summed E-state index contributed by atoms with van der Waals surface area (Å²) < 4.78 is 1.71. The van der Waals surface area contributed by atoms with Crippen molar-refractivity contribution in [2.75, 3.05) is 5.32 Å². The Kier molecular flexibility index (Phi) is 7.36. The number of nitrogens with zero attached hydrogens (tertiary/aromatic N) is 3. The Bertz CT molecular complexity index is 1080. The van der Waals surface area contributed by atoms with E-state index in [1.54, 1.807) is 16.9 Å². The molecule has 8 heteroatoms. The summed E-state index contributed by atoms with van der Waals surface area (Å²) in [5, 5.41) is 29.2. The molecule has 0 bridgehead atoms. The van der Waals surface area contributed by atoms with Gasteiger partial charge in [0.2, 0.25) is 0 Å². The number of benzene rings is 1. The van der Waals surface area contributed by atoms with Gasteiger partial charge >= 0.3 is 0 Å². The predicted molar refractivity (Wildman–Crippen MR) is 134 cm³/mol. The van der Waals surface area contributed by atoms with Gasteiger partial charge in [-0.15, -0.1) is 0 Å². The van der Waals surface area contributed by atoms with Crippen LogP contribution in [0.5, 0.6) is 0 Å². The molecule has 4 N–H and O–H groups in total. The zero-order valence-electron chi connectivity index (χ0n) is 20.5. The molecule has 1 aromatic carbocycles. The van der Waals surface area contributed by atoms with Crippen molar-refractivity contribution < 1.29 is 9.90 Å². The quantitative estimate of drug-likeness (QED) is 0.365. The monoisotopic (exact) mass is 464 g/mol. The van der Waals surface area contributed by atoms with Crippen LogP contribution in [0.1, 0.15) is 73.9 Å². The number of aliphatic hydroxyl groups is 1. The zero-order chi connectivity index (χ0) is 24.2. The maximum absolute atomic E-state index is 13.2. The summed E-state index contributed by atoms with van der Waals surface area (Å²) >= 11 is 0. The van der Waals surface area contributed by atoms with Crippen molar-refractivity contribution in [2.24, 2.45) is 5.92 Å². The lowest BCUT2D eigenvalue weighted by Crippen LogP contribution is -2.52. The number of aromatic amines is 1. The number of H-pyrrole nitrogens is 1. The summed E-state index contributed by atoms with van der Waals surface area (Å²) in [5.41, 5.74) is 5.47. The Hall–Kier alpha value is -3.13. The Morgan fingerprint density at radius 3 is 2.44 bits per heavy atom. The average Bonchev–Trinajstić information content (AvgIpc) is 3.45. The standard InChI is InChI=1S/C26H36N6O2/c1-16(2)32-22(14-15-27-32)25(33)29-24(20-8-6-5-7-9-20)26(34)28-21-12-10-19(11-13-21)23-17(3)30-31-18(23)4/h10-16,20,24,26,28,34H,5-9H2,1-4H3,(H,29,33)(H,30,31)/t24-,26-/m0/s1. The molecule has 0 aliphatic heterocycles. The lowest BCUT2D eigenvalue weighted by atomic mass is 9.83. The molecule has 182 valence electrons. The summed E-state index contributed by atoms with van der Waals surface area (Å²) in [6.45, 7) is 7.98. The topological polar surface area (TPSA) is 108 Å². The molecule has 2 atom stereocenters. The van der Waals surface area contributed by atoms with Gasteiger partial charge in [-0.05, 0) is 70.2 Å². The second kappa shape index (κ2) is 10.4. The highest BCUT2D eigenvalue weighted by molar-refractivity contribution is 5.92. The van der Waals surface area contributed by atoms with Crippen molar-refractivity contribution in [3.05, 3.63) is 53.6 Å². The molecule has 0 unspecified atom stereocenters. The number of hydrogen-bond donors (Lipinski definition) is 4. The van der Waals surface area contributed by atoms with E-state index in [0.717, 1.165) is 53.9 Å². The maximum Gasteiger partial charge on any atom is 0.269 e. The Morgan fingerprint density at radius 2 is 1.82 bits per heavy atom. The molecule has 1 amide bonds. The van der Waals surface area contributed by atoms with Crippen LogP contribution in [0, 0.1) is 19.8 Å². The second-order valence-corrected chi connectivity index (χ2v) is 9.63. The van der Waals surface area contributed by atoms with Crippen LogP contribution in [-0.4, -0.2) is 43.3 Å². The third-order valence-corrected chi connectivity index (χ3v) is 6.80. The van der Waals surface area contributed by atoms with Crippen molar-refractivity contribution in [1.82, 2.24) is 25.3 Å². The van der Waals surface area contributed by atoms with Gasteiger partial charge in [-0.2, -0.15) is 10.2 Å². The Labute approximate surface area is 201 Å². The van der Waals surface area contributed by atoms with Gasteiger partial charge < -0.3 is 15.7 Å². The highest BCUT2D eigenvalue weighted by Crippen LogP contribution is 2.30. The van der Waals surface area contributed by atoms with Gasteiger partial charge in [-0.3, -0.25) is 14.6 Å². The van der Waals surface area contributed by atoms with Crippen molar-refractivity contribution in [3.63, 3.8) is 0 Å². The van der Waals surface area contributed by atoms with Crippen LogP contribution in [0.15, 0.2) is 36.5 Å². The molecule has 1 aliphatic rings. The van der Waals surface area contributed by atoms with Gasteiger partial charge in [-0.25, -0.2) is 0 Å². The highest BCUT2D eigenvalue weighted by atomic mass is 16.3. The van der Waals surface area contributed by atoms with Gasteiger partial charge in [0.25, 0.3) is 5.91 Å². The van der Waals surface area contributed by atoms with E-state index in [1.807, 2.05) is 52.0 Å². The average molecular weight is 465 g/mol. The second-order valence-electron chi connectivity index (χ2n) is 9.63. The van der Waals surface area contributed by atoms with Crippen LogP contribution in [0.25, 0.3) is 11.1 Å². The van der Waals surface area contributed by atoms with Crippen LogP contribution in [0.4, 0.5) is 5.69 Å². The highest BCUT2D eigenvalue weighted by Gasteiger charge is 2.32. The number of amides is 1. The lowest BCUT2D eigenvalue weighted by Gasteiger charge is -2.34. The molecule has 0 radical (unpaired) electrons. The van der Waals surface area contributed by atoms with Crippen molar-refractivity contribution in [1.29, 1.82) is 0 Å². The summed E-state index contributed by atoms with van der Waals surface area (Å²) in [6, 6.07) is 9.36. The van der Waals surface area contributed by atoms with E-state index >= 15 is 0 Å². The molecule has 2 heterocycles. The van der Waals surface area contributed by atoms with E-state index in [2.05, 4.69) is 25.9 Å². The number of aliphatic hydroxyl groups excluding tert-OH is 1. The smallest absolute Gasteiger partial charge is 0.269 e. The van der Waals surface area contributed by atoms with E-state index in [1.165, 1.54) is 6.42 Å². The minimum atomic E-state index is -0.911. The van der Waals surface area contributed by atoms with Crippen LogP contribution in [0.2, 0.25) is 0 Å². The van der Waals surface area contributed by atoms with Crippen LogP contribution in [-0.2, 0) is 0 Å². The molecule has 0 saturated heterocycles. The number of carbonyl (C=O) groups is 1. The van der Waals surface area contributed by atoms with E-state index < -0.39 is 12.3 Å². The van der Waals surface area contributed by atoms with Gasteiger partial charge in [0, 0.05) is 29.2 Å². The molecule has 34 heavy (non-hydrogen) atoms. The van der Waals surface area contributed by atoms with Crippen molar-refractivity contribution in [3.8, 4) is 11.1 Å². The van der Waals surface area contributed by atoms with Crippen LogP contribution < -0.4 is 10.6 Å². The van der Waals surface area contributed by atoms with Gasteiger partial charge in [0.05, 0.1) is 11.7 Å². The first-order chi connectivity index (χ1) is 16.3. The van der Waals surface area contributed by atoms with Gasteiger partial charge in [0.15, 0.2) is 0 Å². The number of hydrogen-bond acceptors (Lipinski definition) is 5. The third-order valence-electron chi connectivity index (χ3n) is 6.80. The van der Waals surface area contributed by atoms with Crippen LogP contribution >= 0.6 is 0 Å². The molecule has 8 nitrogen and oxygen atoms in total. The Balaban J connectivity index is 1.51. The third kappa shape index (κ3) is 5.17. The molecule has 0 spiro atoms. The van der Waals surface area contributed by atoms with E-state index in [4.69, 9.17) is 0 Å². The van der Waals surface area contributed by atoms with Gasteiger partial charge in [-0.1, -0.05) is 31.4 Å². The predicted octanol–water partition coefficient (Wildman–Crippen LogP) is 4.58. The SMILES string of the molecule is Cc1n[nH]c(C)c1-c1ccc(N[C@@H](O)[C@@H](NC(=O)c2ccnn2C(C)C)C2CCCCC2)cc1. The molecule has 1 saturated carbocycles. The first-order valence-electron chi connectivity index (χ1n) is 12.3. The molecule has 2 aromatic heterocycles. The van der Waals surface area contributed by atoms with Crippen LogP contribution in [0.3, 0.4) is 0 Å². The summed E-state index contributed by atoms with van der Waals surface area (Å²) in [5.74, 6) is 0.00926. The molecule has 3 aromatic rings. The number of aromatic nitrogens is 4. The van der Waals surface area contributed by atoms with E-state index in [-0.39, 0.29) is 17.9 Å². The fourth-order valence-corrected chi connectivity index (χ4v) is 5.05. The minimum absolute atomic E-state index is 0.0768. The molecule has 1 fully saturated rings. The summed E-state index contributed by atoms with van der Waals surface area (Å²) in [7, 11) is 0. The normalized spacial score (nSPS) is 16.4. The molecule has 4 rings (SSSR count). The zero-order valence-corrected chi connectivity index (χ0v) is 20.5. The van der Waals surface area contributed by atoms with E-state index in [0.29, 0.717) is 5.69 Å². The van der Waals surface area contributed by atoms with Crippen molar-refractivity contribution >= 4 is 11.6 Å². The number of nitrogens with one attached hydrogen (secondary N) is 3.